The van der Waals surface area contributed by atoms with Crippen molar-refractivity contribution in [2.75, 3.05) is 19.6 Å². The van der Waals surface area contributed by atoms with E-state index < -0.39 is 0 Å². The van der Waals surface area contributed by atoms with Gasteiger partial charge in [0.25, 0.3) is 0 Å². The highest BCUT2D eigenvalue weighted by atomic mass is 19.1. The second-order valence-electron chi connectivity index (χ2n) is 6.66. The Labute approximate surface area is 115 Å². The van der Waals surface area contributed by atoms with Crippen molar-refractivity contribution in [1.29, 1.82) is 0 Å². The van der Waals surface area contributed by atoms with E-state index in [-0.39, 0.29) is 11.2 Å². The normalized spacial score (nSPS) is 17.5. The Morgan fingerprint density at radius 3 is 2.58 bits per heavy atom. The van der Waals surface area contributed by atoms with E-state index in [1.165, 1.54) is 18.4 Å². The Morgan fingerprint density at radius 1 is 1.37 bits per heavy atom. The topological polar surface area (TPSA) is 38.0 Å². The van der Waals surface area contributed by atoms with E-state index in [1.54, 1.807) is 6.07 Å². The molecular formula is C16H25FN2. The highest BCUT2D eigenvalue weighted by Gasteiger charge is 2.40. The van der Waals surface area contributed by atoms with Crippen molar-refractivity contribution < 1.29 is 4.39 Å². The van der Waals surface area contributed by atoms with Gasteiger partial charge in [-0.15, -0.1) is 0 Å². The van der Waals surface area contributed by atoms with Gasteiger partial charge in [0.15, 0.2) is 0 Å². The maximum absolute atomic E-state index is 13.3. The van der Waals surface area contributed by atoms with Crippen molar-refractivity contribution in [2.45, 2.75) is 39.0 Å². The van der Waals surface area contributed by atoms with Crippen LogP contribution in [-0.4, -0.2) is 19.6 Å². The average Bonchev–Trinajstić information content (AvgIpc) is 3.13. The minimum atomic E-state index is -0.132. The highest BCUT2D eigenvalue weighted by molar-refractivity contribution is 5.30. The van der Waals surface area contributed by atoms with Gasteiger partial charge in [0, 0.05) is 18.5 Å². The molecule has 1 saturated carbocycles. The Morgan fingerprint density at radius 2 is 2.05 bits per heavy atom. The molecule has 1 aliphatic rings. The zero-order valence-electron chi connectivity index (χ0n) is 12.2. The Kier molecular flexibility index (Phi) is 3.98. The standard InChI is InChI=1S/C16H25FN2/c1-12-8-13(4-5-14(12)17)15(2,3)10-19-11-16(9-18)6-7-16/h4-5,8,19H,6-7,9-11,18H2,1-3H3. The molecule has 0 atom stereocenters. The molecule has 106 valence electrons. The zero-order chi connectivity index (χ0) is 14.1. The lowest BCUT2D eigenvalue weighted by Crippen LogP contribution is -2.38. The van der Waals surface area contributed by atoms with Crippen LogP contribution in [0.5, 0.6) is 0 Å². The number of benzene rings is 1. The van der Waals surface area contributed by atoms with E-state index in [1.807, 2.05) is 19.1 Å². The van der Waals surface area contributed by atoms with Gasteiger partial charge >= 0.3 is 0 Å². The number of nitrogens with one attached hydrogen (secondary N) is 1. The summed E-state index contributed by atoms with van der Waals surface area (Å²) < 4.78 is 13.3. The lowest BCUT2D eigenvalue weighted by molar-refractivity contribution is 0.409. The van der Waals surface area contributed by atoms with Crippen LogP contribution in [-0.2, 0) is 5.41 Å². The van der Waals surface area contributed by atoms with Crippen LogP contribution in [0.4, 0.5) is 4.39 Å². The summed E-state index contributed by atoms with van der Waals surface area (Å²) in [5, 5.41) is 3.54. The van der Waals surface area contributed by atoms with Gasteiger partial charge in [0.1, 0.15) is 5.82 Å². The van der Waals surface area contributed by atoms with E-state index in [4.69, 9.17) is 5.73 Å². The molecule has 0 radical (unpaired) electrons. The van der Waals surface area contributed by atoms with Crippen molar-refractivity contribution in [3.8, 4) is 0 Å². The van der Waals surface area contributed by atoms with Crippen LogP contribution in [0.15, 0.2) is 18.2 Å². The van der Waals surface area contributed by atoms with Gasteiger partial charge in [-0.3, -0.25) is 0 Å². The van der Waals surface area contributed by atoms with Crippen LogP contribution in [0.3, 0.4) is 0 Å². The predicted molar refractivity (Wildman–Crippen MR) is 77.8 cm³/mol. The lowest BCUT2D eigenvalue weighted by Gasteiger charge is -2.27. The van der Waals surface area contributed by atoms with E-state index >= 15 is 0 Å². The molecule has 19 heavy (non-hydrogen) atoms. The van der Waals surface area contributed by atoms with Crippen molar-refractivity contribution in [2.24, 2.45) is 11.1 Å². The van der Waals surface area contributed by atoms with Gasteiger partial charge in [0.05, 0.1) is 0 Å². The van der Waals surface area contributed by atoms with Crippen molar-refractivity contribution >= 4 is 0 Å². The highest BCUT2D eigenvalue weighted by Crippen LogP contribution is 2.43. The minimum absolute atomic E-state index is 0.00311. The molecule has 0 heterocycles. The third-order valence-corrected chi connectivity index (χ3v) is 4.40. The van der Waals surface area contributed by atoms with E-state index in [9.17, 15) is 4.39 Å². The van der Waals surface area contributed by atoms with Crippen molar-refractivity contribution in [3.63, 3.8) is 0 Å². The number of hydrogen-bond acceptors (Lipinski definition) is 2. The SMILES string of the molecule is Cc1cc(C(C)(C)CNCC2(CN)CC2)ccc1F. The van der Waals surface area contributed by atoms with Crippen LogP contribution in [0.25, 0.3) is 0 Å². The van der Waals surface area contributed by atoms with Crippen LogP contribution < -0.4 is 11.1 Å². The summed E-state index contributed by atoms with van der Waals surface area (Å²) in [6, 6.07) is 5.40. The molecule has 1 aromatic rings. The first-order valence-corrected chi connectivity index (χ1v) is 7.06. The van der Waals surface area contributed by atoms with Gasteiger partial charge in [-0.1, -0.05) is 26.0 Å². The smallest absolute Gasteiger partial charge is 0.126 e. The number of hydrogen-bond donors (Lipinski definition) is 2. The quantitative estimate of drug-likeness (QED) is 0.829. The fraction of sp³-hybridized carbons (Fsp3) is 0.625. The second kappa shape index (κ2) is 5.22. The summed E-state index contributed by atoms with van der Waals surface area (Å²) in [4.78, 5) is 0. The first-order valence-electron chi connectivity index (χ1n) is 7.06. The summed E-state index contributed by atoms with van der Waals surface area (Å²) in [6.45, 7) is 8.85. The minimum Gasteiger partial charge on any atom is -0.330 e. The molecule has 3 N–H and O–H groups in total. The Balaban J connectivity index is 1.95. The molecule has 0 spiro atoms. The van der Waals surface area contributed by atoms with Crippen LogP contribution in [0.1, 0.15) is 37.8 Å². The first kappa shape index (κ1) is 14.5. The lowest BCUT2D eigenvalue weighted by atomic mass is 9.83. The zero-order valence-corrected chi connectivity index (χ0v) is 12.2. The van der Waals surface area contributed by atoms with Gasteiger partial charge in [-0.05, 0) is 48.9 Å². The van der Waals surface area contributed by atoms with E-state index in [2.05, 4.69) is 19.2 Å². The largest absolute Gasteiger partial charge is 0.330 e. The number of rotatable bonds is 6. The van der Waals surface area contributed by atoms with Crippen LogP contribution >= 0.6 is 0 Å². The number of aryl methyl sites for hydroxylation is 1. The fourth-order valence-electron chi connectivity index (χ4n) is 2.44. The third-order valence-electron chi connectivity index (χ3n) is 4.40. The fourth-order valence-corrected chi connectivity index (χ4v) is 2.44. The van der Waals surface area contributed by atoms with Gasteiger partial charge < -0.3 is 11.1 Å². The molecule has 0 bridgehead atoms. The van der Waals surface area contributed by atoms with Crippen molar-refractivity contribution in [1.82, 2.24) is 5.32 Å². The van der Waals surface area contributed by atoms with Gasteiger partial charge in [-0.2, -0.15) is 0 Å². The molecule has 0 saturated heterocycles. The van der Waals surface area contributed by atoms with E-state index in [0.29, 0.717) is 11.0 Å². The molecule has 1 fully saturated rings. The molecule has 0 amide bonds. The molecule has 2 nitrogen and oxygen atoms in total. The maximum Gasteiger partial charge on any atom is 0.126 e. The van der Waals surface area contributed by atoms with Gasteiger partial charge in [-0.25, -0.2) is 4.39 Å². The monoisotopic (exact) mass is 264 g/mol. The molecular weight excluding hydrogens is 239 g/mol. The molecule has 0 unspecified atom stereocenters. The van der Waals surface area contributed by atoms with Crippen LogP contribution in [0, 0.1) is 18.2 Å². The molecule has 2 rings (SSSR count). The Bertz CT molecular complexity index is 450. The molecule has 1 aliphatic carbocycles. The third kappa shape index (κ3) is 3.34. The van der Waals surface area contributed by atoms with Crippen molar-refractivity contribution in [3.05, 3.63) is 35.1 Å². The second-order valence-corrected chi connectivity index (χ2v) is 6.66. The molecule has 0 aliphatic heterocycles. The summed E-state index contributed by atoms with van der Waals surface area (Å²) in [5.41, 5.74) is 8.04. The maximum atomic E-state index is 13.3. The molecule has 3 heteroatoms. The molecule has 1 aromatic carbocycles. The van der Waals surface area contributed by atoms with E-state index in [0.717, 1.165) is 19.6 Å². The van der Waals surface area contributed by atoms with Crippen LogP contribution in [0.2, 0.25) is 0 Å². The summed E-state index contributed by atoms with van der Waals surface area (Å²) >= 11 is 0. The summed E-state index contributed by atoms with van der Waals surface area (Å²) in [7, 11) is 0. The Hall–Kier alpha value is -0.930. The average molecular weight is 264 g/mol. The summed E-state index contributed by atoms with van der Waals surface area (Å²) in [6.07, 6.45) is 2.49. The van der Waals surface area contributed by atoms with Gasteiger partial charge in [0.2, 0.25) is 0 Å². The summed E-state index contributed by atoms with van der Waals surface area (Å²) in [5.74, 6) is -0.132. The predicted octanol–water partition coefficient (Wildman–Crippen LogP) is 2.74. The number of halogens is 1. The number of nitrogens with two attached hydrogens (primary N) is 1. The molecule has 0 aromatic heterocycles. The first-order chi connectivity index (χ1) is 8.88.